The number of pyridine rings is 1. The third-order valence-electron chi connectivity index (χ3n) is 6.78. The predicted octanol–water partition coefficient (Wildman–Crippen LogP) is 2.83. The van der Waals surface area contributed by atoms with Crippen LogP contribution in [0.3, 0.4) is 0 Å². The van der Waals surface area contributed by atoms with Gasteiger partial charge in [-0.05, 0) is 56.2 Å². The zero-order valence-corrected chi connectivity index (χ0v) is 18.8. The molecule has 1 aliphatic heterocycles. The number of amides is 2. The Hall–Kier alpha value is -2.21. The van der Waals surface area contributed by atoms with Crippen LogP contribution in [-0.4, -0.2) is 66.4 Å². The molecule has 2 heterocycles. The Bertz CT molecular complexity index is 754. The lowest BCUT2D eigenvalue weighted by Crippen LogP contribution is -2.47. The van der Waals surface area contributed by atoms with Crippen molar-refractivity contribution in [3.8, 4) is 0 Å². The second-order valence-corrected chi connectivity index (χ2v) is 9.25. The molecule has 3 unspecified atom stereocenters. The maximum Gasteiger partial charge on any atom is 0.252 e. The van der Waals surface area contributed by atoms with Gasteiger partial charge in [0, 0.05) is 51.5 Å². The molecule has 1 aliphatic carbocycles. The largest absolute Gasteiger partial charge is 0.351 e. The van der Waals surface area contributed by atoms with Gasteiger partial charge in [0.2, 0.25) is 5.91 Å². The first-order valence-corrected chi connectivity index (χ1v) is 11.2. The minimum Gasteiger partial charge on any atom is -0.351 e. The van der Waals surface area contributed by atoms with Crippen molar-refractivity contribution in [1.29, 1.82) is 0 Å². The summed E-state index contributed by atoms with van der Waals surface area (Å²) < 4.78 is 0. The molecule has 0 bridgehead atoms. The van der Waals surface area contributed by atoms with Gasteiger partial charge in [0.25, 0.3) is 5.91 Å². The number of allylic oxidation sites excluding steroid dienone is 1. The SMILES string of the molecule is CC1=CC(CNC(=O)c2cccnc2)C(C(C)C)CC1CC(=O)N1CCN(C)CC1. The van der Waals surface area contributed by atoms with E-state index < -0.39 is 0 Å². The van der Waals surface area contributed by atoms with Crippen molar-refractivity contribution < 1.29 is 9.59 Å². The average Bonchev–Trinajstić information content (AvgIpc) is 2.74. The minimum absolute atomic E-state index is 0.0796. The Balaban J connectivity index is 1.61. The van der Waals surface area contributed by atoms with Gasteiger partial charge in [-0.1, -0.05) is 25.5 Å². The molecule has 0 saturated carbocycles. The zero-order valence-electron chi connectivity index (χ0n) is 18.8. The summed E-state index contributed by atoms with van der Waals surface area (Å²) in [6, 6.07) is 3.56. The van der Waals surface area contributed by atoms with Gasteiger partial charge in [-0.2, -0.15) is 0 Å². The van der Waals surface area contributed by atoms with Crippen LogP contribution in [0.4, 0.5) is 0 Å². The van der Waals surface area contributed by atoms with Crippen LogP contribution in [0.25, 0.3) is 0 Å². The highest BCUT2D eigenvalue weighted by atomic mass is 16.2. The Morgan fingerprint density at radius 3 is 2.60 bits per heavy atom. The number of piperazine rings is 1. The molecule has 2 amide bonds. The molecule has 1 aromatic rings. The molecule has 30 heavy (non-hydrogen) atoms. The third kappa shape index (κ3) is 5.69. The fraction of sp³-hybridized carbons (Fsp3) is 0.625. The molecule has 0 spiro atoms. The average molecular weight is 413 g/mol. The Kier molecular flexibility index (Phi) is 7.64. The van der Waals surface area contributed by atoms with E-state index in [0.717, 1.165) is 32.6 Å². The molecule has 0 aromatic carbocycles. The van der Waals surface area contributed by atoms with Gasteiger partial charge in [-0.15, -0.1) is 0 Å². The van der Waals surface area contributed by atoms with Gasteiger partial charge in [-0.3, -0.25) is 14.6 Å². The van der Waals surface area contributed by atoms with E-state index >= 15 is 0 Å². The number of rotatable bonds is 6. The molecule has 1 fully saturated rings. The normalized spacial score (nSPS) is 25.2. The maximum atomic E-state index is 12.9. The summed E-state index contributed by atoms with van der Waals surface area (Å²) in [5.41, 5.74) is 1.88. The lowest BCUT2D eigenvalue weighted by Gasteiger charge is -2.38. The molecule has 6 nitrogen and oxygen atoms in total. The van der Waals surface area contributed by atoms with Crippen LogP contribution in [0.1, 0.15) is 44.0 Å². The van der Waals surface area contributed by atoms with E-state index in [1.165, 1.54) is 5.57 Å². The van der Waals surface area contributed by atoms with Crippen LogP contribution in [0.2, 0.25) is 0 Å². The molecule has 0 radical (unpaired) electrons. The van der Waals surface area contributed by atoms with E-state index in [1.807, 2.05) is 4.90 Å². The number of hydrogen-bond acceptors (Lipinski definition) is 4. The number of nitrogens with one attached hydrogen (secondary N) is 1. The summed E-state index contributed by atoms with van der Waals surface area (Å²) >= 11 is 0. The smallest absolute Gasteiger partial charge is 0.252 e. The number of nitrogens with zero attached hydrogens (tertiary/aromatic N) is 3. The topological polar surface area (TPSA) is 65.5 Å². The van der Waals surface area contributed by atoms with Gasteiger partial charge < -0.3 is 15.1 Å². The first kappa shape index (κ1) is 22.5. The van der Waals surface area contributed by atoms with Crippen LogP contribution in [-0.2, 0) is 4.79 Å². The van der Waals surface area contributed by atoms with Crippen molar-refractivity contribution >= 4 is 11.8 Å². The molecule has 1 N–H and O–H groups in total. The Morgan fingerprint density at radius 2 is 1.97 bits per heavy atom. The quantitative estimate of drug-likeness (QED) is 0.730. The summed E-state index contributed by atoms with van der Waals surface area (Å²) in [6.07, 6.45) is 7.18. The second-order valence-electron chi connectivity index (χ2n) is 9.25. The lowest BCUT2D eigenvalue weighted by molar-refractivity contribution is -0.133. The van der Waals surface area contributed by atoms with Crippen LogP contribution >= 0.6 is 0 Å². The van der Waals surface area contributed by atoms with Crippen molar-refractivity contribution in [3.63, 3.8) is 0 Å². The summed E-state index contributed by atoms with van der Waals surface area (Å²) in [6.45, 7) is 10.8. The van der Waals surface area contributed by atoms with Crippen molar-refractivity contribution in [2.24, 2.45) is 23.7 Å². The molecule has 3 rings (SSSR count). The van der Waals surface area contributed by atoms with Crippen molar-refractivity contribution in [2.45, 2.75) is 33.6 Å². The fourth-order valence-electron chi connectivity index (χ4n) is 4.71. The monoisotopic (exact) mass is 412 g/mol. The van der Waals surface area contributed by atoms with Gasteiger partial charge in [0.1, 0.15) is 0 Å². The van der Waals surface area contributed by atoms with Crippen LogP contribution < -0.4 is 5.32 Å². The summed E-state index contributed by atoms with van der Waals surface area (Å²) in [5, 5.41) is 3.08. The highest BCUT2D eigenvalue weighted by molar-refractivity contribution is 5.93. The molecule has 1 aromatic heterocycles. The van der Waals surface area contributed by atoms with E-state index in [0.29, 0.717) is 42.2 Å². The molecular weight excluding hydrogens is 376 g/mol. The van der Waals surface area contributed by atoms with E-state index in [2.05, 4.69) is 49.1 Å². The fourth-order valence-corrected chi connectivity index (χ4v) is 4.71. The number of carbonyl (C=O) groups is 2. The third-order valence-corrected chi connectivity index (χ3v) is 6.78. The standard InChI is InChI=1S/C24H36N4O2/c1-17(2)22-13-20(14-23(29)28-10-8-27(4)9-11-28)18(3)12-21(22)16-26-24(30)19-6-5-7-25-15-19/h5-7,12,15,17,20-22H,8-11,13-14,16H2,1-4H3,(H,26,30). The number of likely N-dealkylation sites (N-methyl/N-ethyl adjacent to an activating group) is 1. The summed E-state index contributed by atoms with van der Waals surface area (Å²) in [4.78, 5) is 33.6. The maximum absolute atomic E-state index is 12.9. The number of aromatic nitrogens is 1. The van der Waals surface area contributed by atoms with Gasteiger partial charge >= 0.3 is 0 Å². The summed E-state index contributed by atoms with van der Waals surface area (Å²) in [5.74, 6) is 1.75. The van der Waals surface area contributed by atoms with Crippen LogP contribution in [0.15, 0.2) is 36.2 Å². The predicted molar refractivity (Wildman–Crippen MR) is 119 cm³/mol. The van der Waals surface area contributed by atoms with E-state index in [9.17, 15) is 9.59 Å². The molecule has 3 atom stereocenters. The zero-order chi connectivity index (χ0) is 21.7. The molecule has 1 saturated heterocycles. The molecule has 164 valence electrons. The van der Waals surface area contributed by atoms with Crippen molar-refractivity contribution in [3.05, 3.63) is 41.7 Å². The van der Waals surface area contributed by atoms with Crippen LogP contribution in [0, 0.1) is 23.7 Å². The first-order chi connectivity index (χ1) is 14.3. The van der Waals surface area contributed by atoms with E-state index in [1.54, 1.807) is 24.5 Å². The van der Waals surface area contributed by atoms with Crippen LogP contribution in [0.5, 0.6) is 0 Å². The second kappa shape index (κ2) is 10.2. The molecule has 2 aliphatic rings. The van der Waals surface area contributed by atoms with Gasteiger partial charge in [-0.25, -0.2) is 0 Å². The van der Waals surface area contributed by atoms with Gasteiger partial charge in [0.15, 0.2) is 0 Å². The molecule has 6 heteroatoms. The number of carbonyl (C=O) groups excluding carboxylic acids is 2. The number of hydrogen-bond donors (Lipinski definition) is 1. The van der Waals surface area contributed by atoms with Gasteiger partial charge in [0.05, 0.1) is 5.56 Å². The lowest BCUT2D eigenvalue weighted by atomic mass is 9.69. The van der Waals surface area contributed by atoms with E-state index in [-0.39, 0.29) is 11.8 Å². The summed E-state index contributed by atoms with van der Waals surface area (Å²) in [7, 11) is 2.11. The Labute approximate surface area is 180 Å². The van der Waals surface area contributed by atoms with Crippen molar-refractivity contribution in [2.75, 3.05) is 39.8 Å². The van der Waals surface area contributed by atoms with Crippen molar-refractivity contribution in [1.82, 2.24) is 20.1 Å². The molecular formula is C24H36N4O2. The Morgan fingerprint density at radius 1 is 1.23 bits per heavy atom. The first-order valence-electron chi connectivity index (χ1n) is 11.2. The van der Waals surface area contributed by atoms with E-state index in [4.69, 9.17) is 0 Å². The highest BCUT2D eigenvalue weighted by Crippen LogP contribution is 2.39. The minimum atomic E-state index is -0.0796. The highest BCUT2D eigenvalue weighted by Gasteiger charge is 2.33.